The van der Waals surface area contributed by atoms with Gasteiger partial charge in [-0.15, -0.1) is 24.0 Å². The number of hydrogen-bond donors (Lipinski definition) is 3. The summed E-state index contributed by atoms with van der Waals surface area (Å²) >= 11 is 0. The van der Waals surface area contributed by atoms with Crippen LogP contribution in [0.2, 0.25) is 0 Å². The Hall–Kier alpha value is -2.43. The third-order valence-corrected chi connectivity index (χ3v) is 4.65. The number of guanidine groups is 1. The molecule has 0 bridgehead atoms. The molecule has 1 atom stereocenters. The summed E-state index contributed by atoms with van der Waals surface area (Å²) in [6.45, 7) is 4.98. The van der Waals surface area contributed by atoms with Crippen LogP contribution in [0.1, 0.15) is 38.3 Å². The molecule has 31 heavy (non-hydrogen) atoms. The molecule has 3 N–H and O–H groups in total. The zero-order chi connectivity index (χ0) is 21.3. The number of nitrogens with one attached hydrogen (secondary N) is 3. The van der Waals surface area contributed by atoms with E-state index in [1.807, 2.05) is 19.9 Å². The molecule has 9 heteroatoms. The second kappa shape index (κ2) is 12.4. The van der Waals surface area contributed by atoms with E-state index < -0.39 is 0 Å². The lowest BCUT2D eigenvalue weighted by Gasteiger charge is -2.19. The molecule has 0 radical (unpaired) electrons. The van der Waals surface area contributed by atoms with Crippen molar-refractivity contribution in [2.75, 3.05) is 25.0 Å². The summed E-state index contributed by atoms with van der Waals surface area (Å²) in [6.07, 6.45) is 5.53. The van der Waals surface area contributed by atoms with Gasteiger partial charge in [-0.25, -0.2) is 9.38 Å². The molecule has 0 saturated heterocycles. The van der Waals surface area contributed by atoms with Crippen molar-refractivity contribution < 1.29 is 13.9 Å². The molecule has 2 aromatic rings. The second-order valence-corrected chi connectivity index (χ2v) is 7.30. The fourth-order valence-corrected chi connectivity index (χ4v) is 2.79. The van der Waals surface area contributed by atoms with Gasteiger partial charge in [-0.2, -0.15) is 0 Å². The number of halogens is 2. The monoisotopic (exact) mass is 541 g/mol. The molecule has 1 aromatic carbocycles. The van der Waals surface area contributed by atoms with Gasteiger partial charge < -0.3 is 20.7 Å². The number of carbonyl (C=O) groups is 1. The number of aromatic nitrogens is 1. The van der Waals surface area contributed by atoms with Gasteiger partial charge in [-0.3, -0.25) is 9.78 Å². The van der Waals surface area contributed by atoms with E-state index in [1.54, 1.807) is 30.6 Å². The smallest absolute Gasteiger partial charge is 0.246 e. The van der Waals surface area contributed by atoms with E-state index in [0.717, 1.165) is 18.4 Å². The predicted octanol–water partition coefficient (Wildman–Crippen LogP) is 3.88. The molecule has 1 aliphatic carbocycles. The Bertz CT molecular complexity index is 877. The van der Waals surface area contributed by atoms with Gasteiger partial charge in [-0.05, 0) is 62.4 Å². The average Bonchev–Trinajstić information content (AvgIpc) is 3.56. The molecule has 1 heterocycles. The van der Waals surface area contributed by atoms with Crippen LogP contribution in [-0.2, 0) is 4.79 Å². The summed E-state index contributed by atoms with van der Waals surface area (Å²) in [5.41, 5.74) is 1.38. The lowest BCUT2D eigenvalue weighted by atomic mass is 10.1. The van der Waals surface area contributed by atoms with Crippen molar-refractivity contribution in [3.63, 3.8) is 0 Å². The van der Waals surface area contributed by atoms with Crippen molar-refractivity contribution in [2.45, 2.75) is 32.7 Å². The summed E-state index contributed by atoms with van der Waals surface area (Å²) in [4.78, 5) is 20.4. The van der Waals surface area contributed by atoms with Crippen LogP contribution in [0, 0.1) is 11.7 Å². The van der Waals surface area contributed by atoms with E-state index >= 15 is 0 Å². The number of anilines is 1. The van der Waals surface area contributed by atoms with Gasteiger partial charge in [0.25, 0.3) is 0 Å². The van der Waals surface area contributed by atoms with E-state index in [-0.39, 0.29) is 54.0 Å². The number of amides is 1. The first-order valence-corrected chi connectivity index (χ1v) is 10.2. The van der Waals surface area contributed by atoms with Gasteiger partial charge in [0.1, 0.15) is 6.54 Å². The molecular weight excluding hydrogens is 512 g/mol. The van der Waals surface area contributed by atoms with Crippen LogP contribution in [0.15, 0.2) is 47.7 Å². The topological polar surface area (TPSA) is 87.6 Å². The molecule has 168 valence electrons. The minimum atomic E-state index is -0.375. The number of pyridine rings is 1. The third-order valence-electron chi connectivity index (χ3n) is 4.65. The maximum Gasteiger partial charge on any atom is 0.246 e. The molecule has 1 aliphatic rings. The molecule has 1 unspecified atom stereocenters. The van der Waals surface area contributed by atoms with E-state index in [9.17, 15) is 9.18 Å². The molecule has 1 aromatic heterocycles. The molecule has 1 saturated carbocycles. The van der Waals surface area contributed by atoms with Crippen LogP contribution >= 0.6 is 24.0 Å². The number of benzene rings is 1. The van der Waals surface area contributed by atoms with E-state index in [4.69, 9.17) is 4.74 Å². The molecule has 1 fully saturated rings. The first-order valence-electron chi connectivity index (χ1n) is 10.2. The van der Waals surface area contributed by atoms with Crippen molar-refractivity contribution in [1.82, 2.24) is 15.6 Å². The maximum atomic E-state index is 14.4. The molecule has 3 rings (SSSR count). The minimum Gasteiger partial charge on any atom is -0.490 e. The largest absolute Gasteiger partial charge is 0.490 e. The van der Waals surface area contributed by atoms with Gasteiger partial charge in [0.15, 0.2) is 17.5 Å². The van der Waals surface area contributed by atoms with E-state index in [1.165, 1.54) is 6.07 Å². The molecule has 7 nitrogen and oxygen atoms in total. The first-order chi connectivity index (χ1) is 14.5. The Labute approximate surface area is 199 Å². The highest BCUT2D eigenvalue weighted by atomic mass is 127. The molecule has 0 spiro atoms. The average molecular weight is 541 g/mol. The Morgan fingerprint density at radius 3 is 2.81 bits per heavy atom. The van der Waals surface area contributed by atoms with Crippen molar-refractivity contribution in [1.29, 1.82) is 0 Å². The third kappa shape index (κ3) is 8.31. The Balaban J connectivity index is 0.00000341. The molecule has 0 aliphatic heterocycles. The minimum absolute atomic E-state index is 0. The van der Waals surface area contributed by atoms with Crippen LogP contribution in [-0.4, -0.2) is 36.5 Å². The number of carbonyl (C=O) groups excluding carboxylic acids is 1. The fraction of sp³-hybridized carbons (Fsp3) is 0.409. The van der Waals surface area contributed by atoms with Crippen molar-refractivity contribution in [3.8, 4) is 5.75 Å². The van der Waals surface area contributed by atoms with Crippen molar-refractivity contribution in [3.05, 3.63) is 54.1 Å². The van der Waals surface area contributed by atoms with E-state index in [2.05, 4.69) is 25.9 Å². The summed E-state index contributed by atoms with van der Waals surface area (Å²) in [7, 11) is 0. The van der Waals surface area contributed by atoms with Gasteiger partial charge in [0.2, 0.25) is 5.91 Å². The maximum absolute atomic E-state index is 14.4. The number of nitrogens with zero attached hydrogens (tertiary/aromatic N) is 2. The highest BCUT2D eigenvalue weighted by Gasteiger charge is 2.22. The Morgan fingerprint density at radius 1 is 1.35 bits per heavy atom. The zero-order valence-electron chi connectivity index (χ0n) is 17.7. The quantitative estimate of drug-likeness (QED) is 0.255. The molecular formula is C22H29FIN5O2. The van der Waals surface area contributed by atoms with Crippen LogP contribution in [0.5, 0.6) is 5.75 Å². The fourth-order valence-electron chi connectivity index (χ4n) is 2.79. The second-order valence-electron chi connectivity index (χ2n) is 7.30. The summed E-state index contributed by atoms with van der Waals surface area (Å²) in [5, 5.41) is 9.03. The standard InChI is InChI=1S/C22H28FN5O2.HI/c1-3-25-22(26-13-21(29)28-18-5-4-10-24-12-18)27-15(2)17-8-9-20(19(23)11-17)30-14-16-6-7-16;/h4-5,8-12,15-16H,3,6-7,13-14H2,1-2H3,(H,28,29)(H2,25,26,27);1H. The Kier molecular flexibility index (Phi) is 9.96. The highest BCUT2D eigenvalue weighted by molar-refractivity contribution is 14.0. The number of ether oxygens (including phenoxy) is 1. The van der Waals surface area contributed by atoms with Gasteiger partial charge in [0.05, 0.1) is 24.5 Å². The summed E-state index contributed by atoms with van der Waals surface area (Å²) in [5.74, 6) is 0.695. The summed E-state index contributed by atoms with van der Waals surface area (Å²) in [6, 6.07) is 8.26. The zero-order valence-corrected chi connectivity index (χ0v) is 20.1. The normalized spacial score (nSPS) is 14.2. The van der Waals surface area contributed by atoms with Crippen LogP contribution in [0.25, 0.3) is 0 Å². The summed E-state index contributed by atoms with van der Waals surface area (Å²) < 4.78 is 19.9. The highest BCUT2D eigenvalue weighted by Crippen LogP contribution is 2.30. The number of aliphatic imine (C=N–C) groups is 1. The van der Waals surface area contributed by atoms with Crippen molar-refractivity contribution >= 4 is 41.5 Å². The Morgan fingerprint density at radius 2 is 2.16 bits per heavy atom. The SMILES string of the molecule is CCNC(=NCC(=O)Nc1cccnc1)NC(C)c1ccc(OCC2CC2)c(F)c1.I. The van der Waals surface area contributed by atoms with Crippen LogP contribution in [0.3, 0.4) is 0 Å². The van der Waals surface area contributed by atoms with Crippen LogP contribution in [0.4, 0.5) is 10.1 Å². The van der Waals surface area contributed by atoms with Gasteiger partial charge >= 0.3 is 0 Å². The predicted molar refractivity (Wildman–Crippen MR) is 130 cm³/mol. The van der Waals surface area contributed by atoms with E-state index in [0.29, 0.717) is 30.7 Å². The van der Waals surface area contributed by atoms with Crippen molar-refractivity contribution in [2.24, 2.45) is 10.9 Å². The number of hydrogen-bond acceptors (Lipinski definition) is 4. The first kappa shape index (κ1) is 24.8. The lowest BCUT2D eigenvalue weighted by molar-refractivity contribution is -0.114. The number of rotatable bonds is 9. The molecule has 1 amide bonds. The lowest BCUT2D eigenvalue weighted by Crippen LogP contribution is -2.39. The van der Waals surface area contributed by atoms with Crippen LogP contribution < -0.4 is 20.7 Å². The van der Waals surface area contributed by atoms with Gasteiger partial charge in [-0.1, -0.05) is 6.07 Å². The van der Waals surface area contributed by atoms with Gasteiger partial charge in [0, 0.05) is 12.7 Å².